The Balaban J connectivity index is 3.13. The molecule has 12 heavy (non-hydrogen) atoms. The summed E-state index contributed by atoms with van der Waals surface area (Å²) in [6, 6.07) is 4.59. The van der Waals surface area contributed by atoms with Crippen LogP contribution in [0.4, 0.5) is 4.39 Å². The Morgan fingerprint density at radius 2 is 2.25 bits per heavy atom. The van der Waals surface area contributed by atoms with Gasteiger partial charge in [0.2, 0.25) is 0 Å². The lowest BCUT2D eigenvalue weighted by atomic mass is 10.1. The highest BCUT2D eigenvalue weighted by Gasteiger charge is 1.96. The molecule has 0 aliphatic heterocycles. The van der Waals surface area contributed by atoms with Crippen LogP contribution in [-0.2, 0) is 4.79 Å². The molecule has 0 radical (unpaired) electrons. The molecule has 0 fully saturated rings. The van der Waals surface area contributed by atoms with Crippen molar-refractivity contribution in [3.05, 3.63) is 35.1 Å². The van der Waals surface area contributed by atoms with E-state index in [1.165, 1.54) is 6.07 Å². The molecule has 0 bridgehead atoms. The zero-order valence-corrected chi connectivity index (χ0v) is 6.60. The monoisotopic (exact) mass is 162 g/mol. The normalized spacial score (nSPS) is 8.50. The van der Waals surface area contributed by atoms with Crippen LogP contribution < -0.4 is 0 Å². The van der Waals surface area contributed by atoms with Gasteiger partial charge in [-0.15, -0.1) is 0 Å². The lowest BCUT2D eigenvalue weighted by Gasteiger charge is -1.94. The summed E-state index contributed by atoms with van der Waals surface area (Å²) < 4.78 is 12.9. The van der Waals surface area contributed by atoms with E-state index in [0.29, 0.717) is 6.29 Å². The first-order valence-electron chi connectivity index (χ1n) is 3.45. The minimum absolute atomic E-state index is 0.266. The van der Waals surface area contributed by atoms with Gasteiger partial charge in [0.1, 0.15) is 5.82 Å². The average Bonchev–Trinajstić information content (AvgIpc) is 2.07. The van der Waals surface area contributed by atoms with E-state index in [-0.39, 0.29) is 5.56 Å². The minimum Gasteiger partial charge on any atom is -0.289 e. The maximum atomic E-state index is 12.9. The van der Waals surface area contributed by atoms with E-state index in [1.807, 2.05) is 6.92 Å². The van der Waals surface area contributed by atoms with Gasteiger partial charge in [-0.25, -0.2) is 4.39 Å². The third-order valence-electron chi connectivity index (χ3n) is 1.39. The van der Waals surface area contributed by atoms with E-state index >= 15 is 0 Å². The van der Waals surface area contributed by atoms with Crippen molar-refractivity contribution >= 4 is 6.29 Å². The fraction of sp³-hybridized carbons (Fsp3) is 0.100. The van der Waals surface area contributed by atoms with Crippen LogP contribution >= 0.6 is 0 Å². The number of rotatable bonds is 0. The third kappa shape index (κ3) is 1.93. The van der Waals surface area contributed by atoms with E-state index in [9.17, 15) is 9.18 Å². The number of benzene rings is 1. The number of hydrogen-bond donors (Lipinski definition) is 0. The molecule has 0 aliphatic rings. The molecule has 1 rings (SSSR count). The first-order valence-corrected chi connectivity index (χ1v) is 3.45. The molecule has 0 saturated carbocycles. The second kappa shape index (κ2) is 3.68. The number of halogens is 1. The standard InChI is InChI=1S/C10H7FO/c1-8-4-5-10(11)9(7-8)3-2-6-12/h4-7H,1H3. The fourth-order valence-corrected chi connectivity index (χ4v) is 0.842. The summed E-state index contributed by atoms with van der Waals surface area (Å²) in [5.74, 6) is 4.18. The summed E-state index contributed by atoms with van der Waals surface area (Å²) in [5.41, 5.74) is 1.19. The van der Waals surface area contributed by atoms with Crippen molar-refractivity contribution in [1.29, 1.82) is 0 Å². The van der Waals surface area contributed by atoms with Crippen LogP contribution in [-0.4, -0.2) is 6.29 Å². The Bertz CT molecular complexity index is 358. The summed E-state index contributed by atoms with van der Waals surface area (Å²) in [6.45, 7) is 1.84. The van der Waals surface area contributed by atoms with Crippen molar-refractivity contribution in [2.24, 2.45) is 0 Å². The number of carbonyl (C=O) groups excluding carboxylic acids is 1. The lowest BCUT2D eigenvalue weighted by molar-refractivity contribution is -0.103. The van der Waals surface area contributed by atoms with Crippen molar-refractivity contribution in [1.82, 2.24) is 0 Å². The second-order valence-corrected chi connectivity index (χ2v) is 2.37. The highest BCUT2D eigenvalue weighted by atomic mass is 19.1. The van der Waals surface area contributed by atoms with Crippen molar-refractivity contribution in [2.45, 2.75) is 6.92 Å². The molecule has 1 aromatic rings. The molecular formula is C10H7FO. The van der Waals surface area contributed by atoms with E-state index in [0.717, 1.165) is 5.56 Å². The molecule has 0 saturated heterocycles. The summed E-state index contributed by atoms with van der Waals surface area (Å²) in [7, 11) is 0. The molecule has 0 heterocycles. The highest BCUT2D eigenvalue weighted by Crippen LogP contribution is 2.07. The summed E-state index contributed by atoms with van der Waals surface area (Å²) in [6.07, 6.45) is 0.446. The van der Waals surface area contributed by atoms with Crippen LogP contribution in [0.3, 0.4) is 0 Å². The summed E-state index contributed by atoms with van der Waals surface area (Å²) in [4.78, 5) is 9.88. The van der Waals surface area contributed by atoms with Crippen LogP contribution in [0.2, 0.25) is 0 Å². The first kappa shape index (κ1) is 8.48. The summed E-state index contributed by atoms with van der Waals surface area (Å²) >= 11 is 0. The highest BCUT2D eigenvalue weighted by molar-refractivity contribution is 5.74. The Morgan fingerprint density at radius 3 is 2.92 bits per heavy atom. The number of hydrogen-bond acceptors (Lipinski definition) is 1. The number of aldehydes is 1. The zero-order chi connectivity index (χ0) is 8.97. The first-order chi connectivity index (χ1) is 5.74. The van der Waals surface area contributed by atoms with Crippen LogP contribution in [0.1, 0.15) is 11.1 Å². The van der Waals surface area contributed by atoms with Gasteiger partial charge in [-0.3, -0.25) is 4.79 Å². The maximum absolute atomic E-state index is 12.9. The van der Waals surface area contributed by atoms with E-state index < -0.39 is 5.82 Å². The lowest BCUT2D eigenvalue weighted by Crippen LogP contribution is -1.84. The van der Waals surface area contributed by atoms with Gasteiger partial charge in [0, 0.05) is 0 Å². The predicted octanol–water partition coefficient (Wildman–Crippen LogP) is 1.68. The van der Waals surface area contributed by atoms with Crippen LogP contribution in [0, 0.1) is 24.6 Å². The van der Waals surface area contributed by atoms with E-state index in [2.05, 4.69) is 11.8 Å². The minimum atomic E-state index is -0.394. The van der Waals surface area contributed by atoms with Gasteiger partial charge in [0.05, 0.1) is 5.56 Å². The summed E-state index contributed by atoms with van der Waals surface area (Å²) in [5, 5.41) is 0. The topological polar surface area (TPSA) is 17.1 Å². The molecule has 2 heteroatoms. The SMILES string of the molecule is Cc1ccc(F)c(C#CC=O)c1. The third-order valence-corrected chi connectivity index (χ3v) is 1.39. The molecule has 1 nitrogen and oxygen atoms in total. The van der Waals surface area contributed by atoms with Crippen molar-refractivity contribution < 1.29 is 9.18 Å². The molecule has 60 valence electrons. The van der Waals surface area contributed by atoms with Gasteiger partial charge < -0.3 is 0 Å². The van der Waals surface area contributed by atoms with Gasteiger partial charge in [-0.1, -0.05) is 12.0 Å². The van der Waals surface area contributed by atoms with Gasteiger partial charge in [0.15, 0.2) is 6.29 Å². The average molecular weight is 162 g/mol. The Morgan fingerprint density at radius 1 is 1.50 bits per heavy atom. The van der Waals surface area contributed by atoms with Crippen molar-refractivity contribution in [3.63, 3.8) is 0 Å². The fourth-order valence-electron chi connectivity index (χ4n) is 0.842. The smallest absolute Gasteiger partial charge is 0.193 e. The van der Waals surface area contributed by atoms with Gasteiger partial charge in [-0.2, -0.15) is 0 Å². The Labute approximate surface area is 70.2 Å². The molecule has 1 aromatic carbocycles. The Hall–Kier alpha value is -1.62. The van der Waals surface area contributed by atoms with E-state index in [1.54, 1.807) is 12.1 Å². The largest absolute Gasteiger partial charge is 0.289 e. The van der Waals surface area contributed by atoms with Crippen molar-refractivity contribution in [3.8, 4) is 11.8 Å². The molecular weight excluding hydrogens is 155 g/mol. The maximum Gasteiger partial charge on any atom is 0.193 e. The molecule has 0 aromatic heterocycles. The molecule has 0 aliphatic carbocycles. The second-order valence-electron chi connectivity index (χ2n) is 2.37. The van der Waals surface area contributed by atoms with Crippen molar-refractivity contribution in [2.75, 3.05) is 0 Å². The zero-order valence-electron chi connectivity index (χ0n) is 6.60. The van der Waals surface area contributed by atoms with Crippen LogP contribution in [0.25, 0.3) is 0 Å². The van der Waals surface area contributed by atoms with Gasteiger partial charge in [0.25, 0.3) is 0 Å². The quantitative estimate of drug-likeness (QED) is 0.419. The molecule has 0 N–H and O–H groups in total. The van der Waals surface area contributed by atoms with Crippen LogP contribution in [0.5, 0.6) is 0 Å². The number of carbonyl (C=O) groups is 1. The number of aryl methyl sites for hydroxylation is 1. The predicted molar refractivity (Wildman–Crippen MR) is 44.1 cm³/mol. The molecule has 0 amide bonds. The molecule has 0 atom stereocenters. The van der Waals surface area contributed by atoms with Gasteiger partial charge >= 0.3 is 0 Å². The van der Waals surface area contributed by atoms with Gasteiger partial charge in [-0.05, 0) is 30.5 Å². The van der Waals surface area contributed by atoms with E-state index in [4.69, 9.17) is 0 Å². The molecule has 0 unspecified atom stereocenters. The Kier molecular flexibility index (Phi) is 2.60. The molecule has 0 spiro atoms. The van der Waals surface area contributed by atoms with Crippen LogP contribution in [0.15, 0.2) is 18.2 Å².